The third-order valence-electron chi connectivity index (χ3n) is 2.88. The Morgan fingerprint density at radius 2 is 2.19 bits per heavy atom. The Kier molecular flexibility index (Phi) is 3.94. The molecule has 4 heteroatoms. The number of rotatable bonds is 6. The van der Waals surface area contributed by atoms with Gasteiger partial charge in [-0.05, 0) is 32.6 Å². The van der Waals surface area contributed by atoms with Gasteiger partial charge in [-0.25, -0.2) is 0 Å². The van der Waals surface area contributed by atoms with Crippen LogP contribution in [0.5, 0.6) is 0 Å². The molecule has 1 unspecified atom stereocenters. The van der Waals surface area contributed by atoms with E-state index >= 15 is 0 Å². The van der Waals surface area contributed by atoms with Gasteiger partial charge in [0.1, 0.15) is 5.41 Å². The second-order valence-electron chi connectivity index (χ2n) is 4.44. The molecule has 0 heterocycles. The van der Waals surface area contributed by atoms with E-state index in [2.05, 4.69) is 11.2 Å². The van der Waals surface area contributed by atoms with Crippen LogP contribution in [0, 0.1) is 17.8 Å². The lowest BCUT2D eigenvalue weighted by molar-refractivity contribution is -0.155. The number of nitrogens with one attached hydrogen (secondary N) is 1. The number of terminal acetylenes is 1. The van der Waals surface area contributed by atoms with Crippen LogP contribution in [0.3, 0.4) is 0 Å². The van der Waals surface area contributed by atoms with E-state index in [9.17, 15) is 9.59 Å². The highest BCUT2D eigenvalue weighted by Crippen LogP contribution is 2.27. The lowest BCUT2D eigenvalue weighted by Crippen LogP contribution is -2.45. The number of carboxylic acids is 1. The maximum Gasteiger partial charge on any atom is 0.318 e. The zero-order valence-corrected chi connectivity index (χ0v) is 9.45. The van der Waals surface area contributed by atoms with Gasteiger partial charge >= 0.3 is 5.97 Å². The first kappa shape index (κ1) is 12.6. The van der Waals surface area contributed by atoms with Crippen LogP contribution in [-0.2, 0) is 9.59 Å². The van der Waals surface area contributed by atoms with Crippen molar-refractivity contribution < 1.29 is 14.7 Å². The van der Waals surface area contributed by atoms with Crippen molar-refractivity contribution in [3.63, 3.8) is 0 Å². The van der Waals surface area contributed by atoms with Gasteiger partial charge in [-0.3, -0.25) is 9.59 Å². The minimum atomic E-state index is -1.35. The van der Waals surface area contributed by atoms with Crippen LogP contribution in [-0.4, -0.2) is 23.0 Å². The van der Waals surface area contributed by atoms with E-state index in [4.69, 9.17) is 11.5 Å². The number of carbonyl (C=O) groups is 2. The fraction of sp³-hybridized carbons (Fsp3) is 0.667. The van der Waals surface area contributed by atoms with Gasteiger partial charge in [-0.2, -0.15) is 0 Å². The zero-order valence-electron chi connectivity index (χ0n) is 9.45. The molecule has 1 fully saturated rings. The Morgan fingerprint density at radius 3 is 2.62 bits per heavy atom. The third kappa shape index (κ3) is 2.99. The van der Waals surface area contributed by atoms with Gasteiger partial charge in [0.05, 0.1) is 0 Å². The Balaban J connectivity index is 2.58. The van der Waals surface area contributed by atoms with Crippen molar-refractivity contribution >= 4 is 11.9 Å². The van der Waals surface area contributed by atoms with Gasteiger partial charge in [0.15, 0.2) is 0 Å². The predicted octanol–water partition coefficient (Wildman–Crippen LogP) is 1.16. The Morgan fingerprint density at radius 1 is 1.56 bits per heavy atom. The Labute approximate surface area is 95.4 Å². The number of unbranched alkanes of at least 4 members (excludes halogenated alkanes) is 1. The molecule has 4 nitrogen and oxygen atoms in total. The molecule has 0 aromatic carbocycles. The molecule has 0 radical (unpaired) electrons. The second kappa shape index (κ2) is 5.02. The summed E-state index contributed by atoms with van der Waals surface area (Å²) in [6.45, 7) is 1.46. The summed E-state index contributed by atoms with van der Waals surface area (Å²) in [5, 5.41) is 11.9. The molecule has 1 aliphatic carbocycles. The SMILES string of the molecule is C#CCCCC(C)(C(=O)O)C(=O)NC1CC1. The van der Waals surface area contributed by atoms with Crippen LogP contribution < -0.4 is 5.32 Å². The van der Waals surface area contributed by atoms with Crippen LogP contribution in [0.2, 0.25) is 0 Å². The smallest absolute Gasteiger partial charge is 0.318 e. The number of aliphatic carboxylic acids is 1. The molecule has 0 aliphatic heterocycles. The summed E-state index contributed by atoms with van der Waals surface area (Å²) in [6.07, 6.45) is 8.34. The minimum absolute atomic E-state index is 0.179. The van der Waals surface area contributed by atoms with Crippen molar-refractivity contribution in [1.29, 1.82) is 0 Å². The molecule has 0 spiro atoms. The van der Waals surface area contributed by atoms with Crippen molar-refractivity contribution in [2.24, 2.45) is 5.41 Å². The van der Waals surface area contributed by atoms with Crippen molar-refractivity contribution in [3.05, 3.63) is 0 Å². The quantitative estimate of drug-likeness (QED) is 0.403. The summed E-state index contributed by atoms with van der Waals surface area (Å²) in [6, 6.07) is 0.179. The molecule has 1 atom stereocenters. The highest BCUT2D eigenvalue weighted by molar-refractivity contribution is 6.01. The molecule has 16 heavy (non-hydrogen) atoms. The van der Waals surface area contributed by atoms with Gasteiger partial charge in [0, 0.05) is 12.5 Å². The first-order valence-electron chi connectivity index (χ1n) is 5.48. The van der Waals surface area contributed by atoms with E-state index in [0.717, 1.165) is 12.8 Å². The maximum atomic E-state index is 11.8. The monoisotopic (exact) mass is 223 g/mol. The average molecular weight is 223 g/mol. The molecule has 0 bridgehead atoms. The van der Waals surface area contributed by atoms with E-state index in [-0.39, 0.29) is 18.4 Å². The summed E-state index contributed by atoms with van der Waals surface area (Å²) in [7, 11) is 0. The summed E-state index contributed by atoms with van der Waals surface area (Å²) in [5.41, 5.74) is -1.35. The van der Waals surface area contributed by atoms with Crippen LogP contribution >= 0.6 is 0 Å². The van der Waals surface area contributed by atoms with Gasteiger partial charge in [-0.1, -0.05) is 0 Å². The lowest BCUT2D eigenvalue weighted by Gasteiger charge is -2.23. The van der Waals surface area contributed by atoms with Crippen molar-refractivity contribution in [1.82, 2.24) is 5.32 Å². The second-order valence-corrected chi connectivity index (χ2v) is 4.44. The minimum Gasteiger partial charge on any atom is -0.480 e. The largest absolute Gasteiger partial charge is 0.480 e. The van der Waals surface area contributed by atoms with Gasteiger partial charge in [0.2, 0.25) is 5.91 Å². The summed E-state index contributed by atoms with van der Waals surface area (Å²) < 4.78 is 0. The fourth-order valence-electron chi connectivity index (χ4n) is 1.43. The Hall–Kier alpha value is -1.50. The van der Waals surface area contributed by atoms with E-state index < -0.39 is 11.4 Å². The van der Waals surface area contributed by atoms with Crippen molar-refractivity contribution in [2.75, 3.05) is 0 Å². The normalized spacial score (nSPS) is 18.2. The zero-order chi connectivity index (χ0) is 12.2. The van der Waals surface area contributed by atoms with Crippen LogP contribution in [0.15, 0.2) is 0 Å². The fourth-order valence-corrected chi connectivity index (χ4v) is 1.43. The Bertz CT molecular complexity index is 328. The molecule has 0 saturated heterocycles. The predicted molar refractivity (Wildman–Crippen MR) is 59.6 cm³/mol. The first-order valence-corrected chi connectivity index (χ1v) is 5.48. The number of carbonyl (C=O) groups excluding carboxylic acids is 1. The molecular formula is C12H17NO3. The van der Waals surface area contributed by atoms with Crippen molar-refractivity contribution in [3.8, 4) is 12.3 Å². The number of hydrogen-bond donors (Lipinski definition) is 2. The lowest BCUT2D eigenvalue weighted by atomic mass is 9.84. The number of hydrogen-bond acceptors (Lipinski definition) is 2. The molecule has 0 aromatic heterocycles. The van der Waals surface area contributed by atoms with E-state index in [0.29, 0.717) is 12.8 Å². The molecular weight excluding hydrogens is 206 g/mol. The third-order valence-corrected chi connectivity index (χ3v) is 2.88. The number of amides is 1. The van der Waals surface area contributed by atoms with Crippen LogP contribution in [0.4, 0.5) is 0 Å². The molecule has 1 amide bonds. The highest BCUT2D eigenvalue weighted by atomic mass is 16.4. The average Bonchev–Trinajstić information content (AvgIpc) is 3.01. The summed E-state index contributed by atoms with van der Waals surface area (Å²) >= 11 is 0. The van der Waals surface area contributed by atoms with Gasteiger partial charge in [0.25, 0.3) is 0 Å². The van der Waals surface area contributed by atoms with Crippen molar-refractivity contribution in [2.45, 2.75) is 45.1 Å². The van der Waals surface area contributed by atoms with Gasteiger partial charge < -0.3 is 10.4 Å². The van der Waals surface area contributed by atoms with Gasteiger partial charge in [-0.15, -0.1) is 12.3 Å². The molecule has 2 N–H and O–H groups in total. The molecule has 0 aromatic rings. The van der Waals surface area contributed by atoms with E-state index in [1.54, 1.807) is 0 Å². The van der Waals surface area contributed by atoms with Crippen LogP contribution in [0.25, 0.3) is 0 Å². The molecule has 1 saturated carbocycles. The maximum absolute atomic E-state index is 11.8. The molecule has 1 rings (SSSR count). The number of carboxylic acid groups (broad SMARTS) is 1. The van der Waals surface area contributed by atoms with E-state index in [1.165, 1.54) is 6.92 Å². The highest BCUT2D eigenvalue weighted by Gasteiger charge is 2.42. The molecule has 88 valence electrons. The standard InChI is InChI=1S/C12H17NO3/c1-3-4-5-8-12(2,11(15)16)10(14)13-9-6-7-9/h1,9H,4-8H2,2H3,(H,13,14)(H,15,16). The topological polar surface area (TPSA) is 66.4 Å². The summed E-state index contributed by atoms with van der Waals surface area (Å²) in [4.78, 5) is 23.0. The molecule has 1 aliphatic rings. The summed E-state index contributed by atoms with van der Waals surface area (Å²) in [5.74, 6) is 0.976. The van der Waals surface area contributed by atoms with E-state index in [1.807, 2.05) is 0 Å². The first-order chi connectivity index (χ1) is 7.50. The van der Waals surface area contributed by atoms with Crippen LogP contribution in [0.1, 0.15) is 39.0 Å².